The summed E-state index contributed by atoms with van der Waals surface area (Å²) in [5.41, 5.74) is 6.72. The van der Waals surface area contributed by atoms with Gasteiger partial charge < -0.3 is 21.1 Å². The molecule has 0 radical (unpaired) electrons. The van der Waals surface area contributed by atoms with Crippen LogP contribution < -0.4 is 21.1 Å². The van der Waals surface area contributed by atoms with Crippen LogP contribution in [0.2, 0.25) is 0 Å². The number of amides is 1. The molecule has 4 N–H and O–H groups in total. The number of ether oxygens (including phenoxy) is 1. The summed E-state index contributed by atoms with van der Waals surface area (Å²) in [6.07, 6.45) is 1.23. The minimum atomic E-state index is -0.476. The zero-order valence-corrected chi connectivity index (χ0v) is 11.7. The molecule has 1 unspecified atom stereocenters. The summed E-state index contributed by atoms with van der Waals surface area (Å²) < 4.78 is 19.1. The van der Waals surface area contributed by atoms with Gasteiger partial charge in [0.15, 0.2) is 11.6 Å². The first-order chi connectivity index (χ1) is 9.45. The number of nitrogen functional groups attached to an aromatic ring is 1. The van der Waals surface area contributed by atoms with E-state index in [-0.39, 0.29) is 23.8 Å². The molecule has 1 atom stereocenters. The van der Waals surface area contributed by atoms with Gasteiger partial charge in [-0.25, -0.2) is 4.39 Å². The van der Waals surface area contributed by atoms with Gasteiger partial charge in [0.1, 0.15) is 0 Å². The van der Waals surface area contributed by atoms with Crippen LogP contribution in [0.25, 0.3) is 0 Å². The van der Waals surface area contributed by atoms with Crippen molar-refractivity contribution < 1.29 is 13.9 Å². The van der Waals surface area contributed by atoms with Crippen LogP contribution in [0, 0.1) is 5.82 Å². The minimum absolute atomic E-state index is 0.0627. The zero-order chi connectivity index (χ0) is 14.7. The van der Waals surface area contributed by atoms with E-state index in [4.69, 9.17) is 10.5 Å². The van der Waals surface area contributed by atoms with E-state index >= 15 is 0 Å². The molecule has 1 aromatic carbocycles. The fourth-order valence-electron chi connectivity index (χ4n) is 2.13. The van der Waals surface area contributed by atoms with E-state index in [9.17, 15) is 9.18 Å². The SMILES string of the molecule is CC(C)Oc1cc(NCC2CCC(=O)N2)c(N)cc1F. The maximum absolute atomic E-state index is 13.7. The highest BCUT2D eigenvalue weighted by Crippen LogP contribution is 2.29. The lowest BCUT2D eigenvalue weighted by Crippen LogP contribution is -2.32. The number of carbonyl (C=O) groups is 1. The monoisotopic (exact) mass is 281 g/mol. The van der Waals surface area contributed by atoms with Crippen LogP contribution in [0.3, 0.4) is 0 Å². The first-order valence-corrected chi connectivity index (χ1v) is 6.74. The molecule has 1 aliphatic rings. The number of nitrogens with two attached hydrogens (primary N) is 1. The van der Waals surface area contributed by atoms with Crippen LogP contribution in [0.4, 0.5) is 15.8 Å². The number of hydrogen-bond donors (Lipinski definition) is 3. The second kappa shape index (κ2) is 5.98. The topological polar surface area (TPSA) is 76.4 Å². The van der Waals surface area contributed by atoms with E-state index in [1.165, 1.54) is 6.07 Å². The molecule has 5 nitrogen and oxygen atoms in total. The van der Waals surface area contributed by atoms with Crippen molar-refractivity contribution in [2.45, 2.75) is 38.8 Å². The van der Waals surface area contributed by atoms with Crippen molar-refractivity contribution in [1.82, 2.24) is 5.32 Å². The highest BCUT2D eigenvalue weighted by molar-refractivity contribution is 5.78. The van der Waals surface area contributed by atoms with Gasteiger partial charge in [0.05, 0.1) is 17.5 Å². The number of anilines is 2. The van der Waals surface area contributed by atoms with E-state index in [0.29, 0.717) is 24.3 Å². The lowest BCUT2D eigenvalue weighted by atomic mass is 10.2. The zero-order valence-electron chi connectivity index (χ0n) is 11.7. The Bertz CT molecular complexity index is 505. The van der Waals surface area contributed by atoms with Gasteiger partial charge in [-0.05, 0) is 20.3 Å². The normalized spacial score (nSPS) is 18.2. The standard InChI is InChI=1S/C14H20FN3O2/c1-8(2)20-13-6-12(11(16)5-10(13)15)17-7-9-3-4-14(19)18-9/h5-6,8-9,17H,3-4,7,16H2,1-2H3,(H,18,19). The maximum Gasteiger partial charge on any atom is 0.220 e. The van der Waals surface area contributed by atoms with E-state index < -0.39 is 5.82 Å². The van der Waals surface area contributed by atoms with E-state index in [2.05, 4.69) is 10.6 Å². The van der Waals surface area contributed by atoms with Gasteiger partial charge >= 0.3 is 0 Å². The fraction of sp³-hybridized carbons (Fsp3) is 0.500. The van der Waals surface area contributed by atoms with Crippen LogP contribution in [-0.4, -0.2) is 24.6 Å². The Morgan fingerprint density at radius 2 is 2.30 bits per heavy atom. The Labute approximate surface area is 117 Å². The van der Waals surface area contributed by atoms with Crippen LogP contribution >= 0.6 is 0 Å². The quantitative estimate of drug-likeness (QED) is 0.720. The predicted octanol–water partition coefficient (Wildman–Crippen LogP) is 1.89. The van der Waals surface area contributed by atoms with Gasteiger partial charge in [-0.2, -0.15) is 0 Å². The van der Waals surface area contributed by atoms with Crippen molar-refractivity contribution in [3.05, 3.63) is 17.9 Å². The van der Waals surface area contributed by atoms with Gasteiger partial charge in [-0.1, -0.05) is 0 Å². The predicted molar refractivity (Wildman–Crippen MR) is 76.2 cm³/mol. The molecule has 6 heteroatoms. The third-order valence-electron chi connectivity index (χ3n) is 3.09. The Kier molecular flexibility index (Phi) is 4.32. The highest BCUT2D eigenvalue weighted by Gasteiger charge is 2.20. The van der Waals surface area contributed by atoms with Crippen molar-refractivity contribution in [3.63, 3.8) is 0 Å². The number of hydrogen-bond acceptors (Lipinski definition) is 4. The molecule has 0 bridgehead atoms. The van der Waals surface area contributed by atoms with Gasteiger partial charge in [0, 0.05) is 31.1 Å². The molecular formula is C14H20FN3O2. The van der Waals surface area contributed by atoms with Crippen LogP contribution in [0.5, 0.6) is 5.75 Å². The van der Waals surface area contributed by atoms with Gasteiger partial charge in [0.2, 0.25) is 5.91 Å². The molecule has 20 heavy (non-hydrogen) atoms. The Morgan fingerprint density at radius 1 is 1.55 bits per heavy atom. The minimum Gasteiger partial charge on any atom is -0.488 e. The average molecular weight is 281 g/mol. The largest absolute Gasteiger partial charge is 0.488 e. The Hall–Kier alpha value is -1.98. The number of nitrogens with one attached hydrogen (secondary N) is 2. The van der Waals surface area contributed by atoms with Gasteiger partial charge in [0.25, 0.3) is 0 Å². The van der Waals surface area contributed by atoms with Gasteiger partial charge in [-0.15, -0.1) is 0 Å². The smallest absolute Gasteiger partial charge is 0.220 e. The molecule has 1 saturated heterocycles. The number of carbonyl (C=O) groups excluding carboxylic acids is 1. The number of rotatable bonds is 5. The summed E-state index contributed by atoms with van der Waals surface area (Å²) in [7, 11) is 0. The summed E-state index contributed by atoms with van der Waals surface area (Å²) in [4.78, 5) is 11.1. The third kappa shape index (κ3) is 3.53. The van der Waals surface area contributed by atoms with Crippen LogP contribution in [0.15, 0.2) is 12.1 Å². The lowest BCUT2D eigenvalue weighted by molar-refractivity contribution is -0.119. The molecule has 1 heterocycles. The third-order valence-corrected chi connectivity index (χ3v) is 3.09. The van der Waals surface area contributed by atoms with Crippen molar-refractivity contribution in [3.8, 4) is 5.75 Å². The van der Waals surface area contributed by atoms with Crippen LogP contribution in [-0.2, 0) is 4.79 Å². The average Bonchev–Trinajstić information content (AvgIpc) is 2.76. The maximum atomic E-state index is 13.7. The lowest BCUT2D eigenvalue weighted by Gasteiger charge is -2.17. The van der Waals surface area contributed by atoms with E-state index in [1.807, 2.05) is 13.8 Å². The summed E-state index contributed by atoms with van der Waals surface area (Å²) in [5, 5.41) is 5.98. The van der Waals surface area contributed by atoms with Crippen molar-refractivity contribution in [2.75, 3.05) is 17.6 Å². The summed E-state index contributed by atoms with van der Waals surface area (Å²) in [6.45, 7) is 4.22. The molecule has 2 rings (SSSR count). The first kappa shape index (κ1) is 14.4. The molecule has 110 valence electrons. The first-order valence-electron chi connectivity index (χ1n) is 6.74. The summed E-state index contributed by atoms with van der Waals surface area (Å²) in [6, 6.07) is 2.88. The van der Waals surface area contributed by atoms with E-state index in [0.717, 1.165) is 6.42 Å². The molecular weight excluding hydrogens is 261 g/mol. The van der Waals surface area contributed by atoms with Crippen molar-refractivity contribution in [2.24, 2.45) is 0 Å². The van der Waals surface area contributed by atoms with Crippen molar-refractivity contribution in [1.29, 1.82) is 0 Å². The van der Waals surface area contributed by atoms with E-state index in [1.54, 1.807) is 6.07 Å². The summed E-state index contributed by atoms with van der Waals surface area (Å²) in [5.74, 6) is -0.240. The molecule has 0 spiro atoms. The Morgan fingerprint density at radius 3 is 2.90 bits per heavy atom. The Balaban J connectivity index is 2.04. The molecule has 1 aliphatic heterocycles. The number of halogens is 1. The second-order valence-electron chi connectivity index (χ2n) is 5.22. The number of benzene rings is 1. The fourth-order valence-corrected chi connectivity index (χ4v) is 2.13. The molecule has 0 aliphatic carbocycles. The van der Waals surface area contributed by atoms with Crippen molar-refractivity contribution >= 4 is 17.3 Å². The highest BCUT2D eigenvalue weighted by atomic mass is 19.1. The second-order valence-corrected chi connectivity index (χ2v) is 5.22. The van der Waals surface area contributed by atoms with Gasteiger partial charge in [-0.3, -0.25) is 4.79 Å². The summed E-state index contributed by atoms with van der Waals surface area (Å²) >= 11 is 0. The molecule has 0 aromatic heterocycles. The molecule has 1 fully saturated rings. The molecule has 1 aromatic rings. The van der Waals surface area contributed by atoms with Crippen LogP contribution in [0.1, 0.15) is 26.7 Å². The molecule has 0 saturated carbocycles. The molecule has 1 amide bonds.